The Kier molecular flexibility index (Phi) is 4.98. The molecular formula is C4H6ClO. The predicted octanol–water partition coefficient (Wildman–Crippen LogP) is 1.19. The average Bonchev–Trinajstić information content (AvgIpc) is 1.61. The fourth-order valence-corrected chi connectivity index (χ4v) is 0.202. The van der Waals surface area contributed by atoms with Crippen LogP contribution >= 0.6 is 11.6 Å². The minimum absolute atomic E-state index is 0.216. The van der Waals surface area contributed by atoms with Gasteiger partial charge in [0.25, 0.3) is 0 Å². The van der Waals surface area contributed by atoms with E-state index in [1.165, 1.54) is 6.08 Å². The van der Waals surface area contributed by atoms with Crippen LogP contribution in [0.25, 0.3) is 0 Å². The van der Waals surface area contributed by atoms with Gasteiger partial charge in [0.05, 0.1) is 6.61 Å². The molecule has 0 aliphatic rings. The summed E-state index contributed by atoms with van der Waals surface area (Å²) in [6, 6.07) is 0.216. The van der Waals surface area contributed by atoms with E-state index in [0.717, 1.165) is 0 Å². The van der Waals surface area contributed by atoms with Crippen molar-refractivity contribution in [3.63, 3.8) is 0 Å². The first-order chi connectivity index (χ1) is 2.91. The SMILES string of the molecule is [CH]=CCOCCl. The maximum Gasteiger partial charge on any atom is 0.121 e. The van der Waals surface area contributed by atoms with Crippen LogP contribution in [-0.2, 0) is 4.74 Å². The highest BCUT2D eigenvalue weighted by Gasteiger charge is 1.69. The number of rotatable bonds is 3. The van der Waals surface area contributed by atoms with E-state index >= 15 is 0 Å². The Bertz CT molecular complexity index is 36.5. The fraction of sp³-hybridized carbons (Fsp3) is 0.500. The molecule has 0 aromatic rings. The van der Waals surface area contributed by atoms with Crippen LogP contribution in [-0.4, -0.2) is 12.7 Å². The summed E-state index contributed by atoms with van der Waals surface area (Å²) < 4.78 is 4.57. The molecule has 0 N–H and O–H groups in total. The monoisotopic (exact) mass is 105 g/mol. The molecule has 0 aliphatic carbocycles. The van der Waals surface area contributed by atoms with Gasteiger partial charge < -0.3 is 4.74 Å². The van der Waals surface area contributed by atoms with Gasteiger partial charge in [-0.1, -0.05) is 24.3 Å². The van der Waals surface area contributed by atoms with Gasteiger partial charge in [-0.15, -0.1) is 0 Å². The molecule has 1 nitrogen and oxygen atoms in total. The molecule has 2 heteroatoms. The molecule has 0 atom stereocenters. The highest BCUT2D eigenvalue weighted by atomic mass is 35.5. The summed E-state index contributed by atoms with van der Waals surface area (Å²) in [6.45, 7) is 5.34. The zero-order valence-electron chi connectivity index (χ0n) is 3.36. The molecule has 0 rings (SSSR count). The van der Waals surface area contributed by atoms with Crippen LogP contribution < -0.4 is 0 Å². The molecule has 0 spiro atoms. The zero-order valence-corrected chi connectivity index (χ0v) is 4.11. The summed E-state index contributed by atoms with van der Waals surface area (Å²) in [4.78, 5) is 0. The van der Waals surface area contributed by atoms with E-state index in [0.29, 0.717) is 6.61 Å². The van der Waals surface area contributed by atoms with Gasteiger partial charge in [0.1, 0.15) is 6.07 Å². The van der Waals surface area contributed by atoms with Crippen LogP contribution in [0.2, 0.25) is 0 Å². The third-order valence-electron chi connectivity index (χ3n) is 0.291. The first-order valence-electron chi connectivity index (χ1n) is 1.59. The van der Waals surface area contributed by atoms with Gasteiger partial charge in [-0.25, -0.2) is 0 Å². The molecule has 35 valence electrons. The molecule has 6 heavy (non-hydrogen) atoms. The van der Waals surface area contributed by atoms with Gasteiger partial charge in [0, 0.05) is 0 Å². The molecule has 0 aliphatic heterocycles. The van der Waals surface area contributed by atoms with Gasteiger partial charge in [-0.3, -0.25) is 0 Å². The Balaban J connectivity index is 2.49. The highest BCUT2D eigenvalue weighted by Crippen LogP contribution is 1.76. The van der Waals surface area contributed by atoms with E-state index in [2.05, 4.69) is 4.74 Å². The van der Waals surface area contributed by atoms with E-state index < -0.39 is 0 Å². The largest absolute Gasteiger partial charge is 0.362 e. The molecule has 0 aromatic carbocycles. The maximum atomic E-state index is 5.08. The Morgan fingerprint density at radius 1 is 1.83 bits per heavy atom. The van der Waals surface area contributed by atoms with Crippen molar-refractivity contribution < 1.29 is 4.74 Å². The highest BCUT2D eigenvalue weighted by molar-refractivity contribution is 6.17. The molecule has 0 saturated heterocycles. The van der Waals surface area contributed by atoms with Crippen molar-refractivity contribution in [3.05, 3.63) is 12.7 Å². The second kappa shape index (κ2) is 4.99. The van der Waals surface area contributed by atoms with Crippen LogP contribution in [0.5, 0.6) is 0 Å². The Hall–Kier alpha value is -0.0100. The molecule has 0 aromatic heterocycles. The summed E-state index contributed by atoms with van der Waals surface area (Å²) in [5, 5.41) is 0. The summed E-state index contributed by atoms with van der Waals surface area (Å²) in [6.07, 6.45) is 1.41. The van der Waals surface area contributed by atoms with Crippen molar-refractivity contribution >= 4 is 11.6 Å². The van der Waals surface area contributed by atoms with E-state index in [1.807, 2.05) is 0 Å². The summed E-state index contributed by atoms with van der Waals surface area (Å²) in [5.74, 6) is 0. The van der Waals surface area contributed by atoms with Gasteiger partial charge in [-0.2, -0.15) is 0 Å². The Morgan fingerprint density at radius 2 is 2.50 bits per heavy atom. The van der Waals surface area contributed by atoms with Crippen LogP contribution in [0, 0.1) is 6.58 Å². The van der Waals surface area contributed by atoms with Crippen molar-refractivity contribution in [2.45, 2.75) is 0 Å². The minimum Gasteiger partial charge on any atom is -0.362 e. The number of halogens is 1. The molecule has 0 bridgehead atoms. The predicted molar refractivity (Wildman–Crippen MR) is 25.5 cm³/mol. The second-order valence-electron chi connectivity index (χ2n) is 0.716. The third-order valence-corrected chi connectivity index (χ3v) is 0.446. The standard InChI is InChI=1S/C4H6ClO/c1-2-3-6-4-5/h1-2H,3-4H2. The average molecular weight is 106 g/mol. The Morgan fingerprint density at radius 3 is 2.67 bits per heavy atom. The lowest BCUT2D eigenvalue weighted by Crippen LogP contribution is -1.83. The molecule has 0 unspecified atom stereocenters. The zero-order chi connectivity index (χ0) is 4.83. The summed E-state index contributed by atoms with van der Waals surface area (Å²) in [7, 11) is 0. The quantitative estimate of drug-likeness (QED) is 0.387. The first kappa shape index (κ1) is 5.99. The number of hydrogen-bond donors (Lipinski definition) is 0. The summed E-state index contributed by atoms with van der Waals surface area (Å²) >= 11 is 5.08. The van der Waals surface area contributed by atoms with Crippen molar-refractivity contribution in [1.82, 2.24) is 0 Å². The van der Waals surface area contributed by atoms with Gasteiger partial charge in [0.15, 0.2) is 0 Å². The lowest BCUT2D eigenvalue weighted by Gasteiger charge is -1.86. The van der Waals surface area contributed by atoms with E-state index in [-0.39, 0.29) is 6.07 Å². The van der Waals surface area contributed by atoms with Crippen LogP contribution in [0.1, 0.15) is 0 Å². The minimum atomic E-state index is 0.216. The topological polar surface area (TPSA) is 9.23 Å². The van der Waals surface area contributed by atoms with Crippen molar-refractivity contribution in [2.75, 3.05) is 12.7 Å². The smallest absolute Gasteiger partial charge is 0.121 e. The van der Waals surface area contributed by atoms with Crippen molar-refractivity contribution in [3.8, 4) is 0 Å². The number of hydrogen-bond acceptors (Lipinski definition) is 1. The van der Waals surface area contributed by atoms with Gasteiger partial charge in [-0.05, 0) is 0 Å². The molecule has 1 radical (unpaired) electrons. The second-order valence-corrected chi connectivity index (χ2v) is 0.934. The number of alkyl halides is 1. The van der Waals surface area contributed by atoms with Crippen molar-refractivity contribution in [2.24, 2.45) is 0 Å². The normalized spacial score (nSPS) is 8.17. The van der Waals surface area contributed by atoms with E-state index in [1.54, 1.807) is 0 Å². The first-order valence-corrected chi connectivity index (χ1v) is 2.12. The molecule has 0 amide bonds. The van der Waals surface area contributed by atoms with Crippen LogP contribution in [0.15, 0.2) is 6.08 Å². The lowest BCUT2D eigenvalue weighted by molar-refractivity contribution is 0.212. The summed E-state index contributed by atoms with van der Waals surface area (Å²) in [5.41, 5.74) is 0. The van der Waals surface area contributed by atoms with Crippen molar-refractivity contribution in [1.29, 1.82) is 0 Å². The molecular weight excluding hydrogens is 99.5 g/mol. The molecule has 0 saturated carbocycles. The Labute approximate surface area is 42.6 Å². The molecule has 0 heterocycles. The van der Waals surface area contributed by atoms with Crippen LogP contribution in [0.3, 0.4) is 0 Å². The molecule has 0 fully saturated rings. The number of ether oxygens (including phenoxy) is 1. The fourth-order valence-electron chi connectivity index (χ4n) is 0.113. The lowest BCUT2D eigenvalue weighted by atomic mass is 10.7. The van der Waals surface area contributed by atoms with E-state index in [4.69, 9.17) is 18.2 Å². The maximum absolute atomic E-state index is 5.08. The van der Waals surface area contributed by atoms with Gasteiger partial charge in [0.2, 0.25) is 0 Å². The third kappa shape index (κ3) is 3.99. The van der Waals surface area contributed by atoms with E-state index in [9.17, 15) is 0 Å². The van der Waals surface area contributed by atoms with Crippen LogP contribution in [0.4, 0.5) is 0 Å². The van der Waals surface area contributed by atoms with Gasteiger partial charge >= 0.3 is 0 Å².